The minimum absolute atomic E-state index is 0.0844. The predicted molar refractivity (Wildman–Crippen MR) is 127 cm³/mol. The van der Waals surface area contributed by atoms with E-state index in [4.69, 9.17) is 21.3 Å². The van der Waals surface area contributed by atoms with E-state index in [1.165, 1.54) is 18.3 Å². The van der Waals surface area contributed by atoms with Crippen LogP contribution < -0.4 is 9.64 Å². The van der Waals surface area contributed by atoms with Crippen LogP contribution in [0.25, 0.3) is 21.8 Å². The average Bonchev–Trinajstić information content (AvgIpc) is 3.33. The summed E-state index contributed by atoms with van der Waals surface area (Å²) in [5, 5.41) is 7.78. The minimum atomic E-state index is -0.634. The van der Waals surface area contributed by atoms with Gasteiger partial charge < -0.3 is 14.5 Å². The molecule has 0 aliphatic carbocycles. The normalized spacial score (nSPS) is 14.1. The second-order valence-corrected chi connectivity index (χ2v) is 8.16. The van der Waals surface area contributed by atoms with Crippen molar-refractivity contribution in [1.29, 1.82) is 0 Å². The Hall–Kier alpha value is -3.79. The van der Waals surface area contributed by atoms with E-state index in [0.717, 1.165) is 11.2 Å². The first-order valence-electron chi connectivity index (χ1n) is 10.8. The number of benzene rings is 1. The number of halogens is 2. The van der Waals surface area contributed by atoms with Crippen LogP contribution in [0, 0.1) is 5.82 Å². The third-order valence-electron chi connectivity index (χ3n) is 5.78. The van der Waals surface area contributed by atoms with E-state index >= 15 is 0 Å². The third kappa shape index (κ3) is 3.79. The molecule has 11 heteroatoms. The maximum absolute atomic E-state index is 14.4. The highest BCUT2D eigenvalue weighted by Crippen LogP contribution is 2.39. The maximum atomic E-state index is 14.4. The van der Waals surface area contributed by atoms with Gasteiger partial charge in [-0.1, -0.05) is 25.1 Å². The molecule has 3 aromatic heterocycles. The van der Waals surface area contributed by atoms with Gasteiger partial charge in [0.1, 0.15) is 28.0 Å². The molecule has 4 heterocycles. The number of hydrogen-bond acceptors (Lipinski definition) is 7. The monoisotopic (exact) mass is 481 g/mol. The van der Waals surface area contributed by atoms with Crippen molar-refractivity contribution < 1.29 is 13.9 Å². The molecule has 4 aromatic rings. The summed E-state index contributed by atoms with van der Waals surface area (Å²) >= 11 is 6.24. The van der Waals surface area contributed by atoms with Crippen LogP contribution in [-0.4, -0.2) is 62.1 Å². The second-order valence-electron chi connectivity index (χ2n) is 7.78. The number of aromatic amines is 1. The van der Waals surface area contributed by atoms with Crippen LogP contribution in [0.15, 0.2) is 37.2 Å². The molecule has 9 nitrogen and oxygen atoms in total. The van der Waals surface area contributed by atoms with Gasteiger partial charge in [0.15, 0.2) is 5.75 Å². The molecule has 174 valence electrons. The Labute approximate surface area is 199 Å². The van der Waals surface area contributed by atoms with Gasteiger partial charge in [-0.25, -0.2) is 19.3 Å². The number of aryl methyl sites for hydroxylation is 1. The minimum Gasteiger partial charge on any atom is -0.434 e. The summed E-state index contributed by atoms with van der Waals surface area (Å²) in [7, 11) is 0. The summed E-state index contributed by atoms with van der Waals surface area (Å²) in [6.07, 6.45) is 5.03. The number of aromatic nitrogens is 5. The molecule has 1 N–H and O–H groups in total. The van der Waals surface area contributed by atoms with E-state index in [9.17, 15) is 9.18 Å². The quantitative estimate of drug-likeness (QED) is 0.432. The lowest BCUT2D eigenvalue weighted by Crippen LogP contribution is -2.48. The van der Waals surface area contributed by atoms with E-state index in [2.05, 4.69) is 31.6 Å². The van der Waals surface area contributed by atoms with Crippen molar-refractivity contribution in [2.75, 3.05) is 31.1 Å². The van der Waals surface area contributed by atoms with Crippen molar-refractivity contribution in [1.82, 2.24) is 30.0 Å². The van der Waals surface area contributed by atoms with Crippen molar-refractivity contribution in [2.45, 2.75) is 13.3 Å². The third-order valence-corrected chi connectivity index (χ3v) is 6.13. The number of nitrogens with zero attached hydrogens (tertiary/aromatic N) is 6. The lowest BCUT2D eigenvalue weighted by atomic mass is 10.2. The molecule has 0 radical (unpaired) electrons. The molecule has 1 amide bonds. The molecule has 1 aliphatic heterocycles. The number of hydrogen-bond donors (Lipinski definition) is 1. The molecule has 1 aromatic carbocycles. The van der Waals surface area contributed by atoms with Gasteiger partial charge in [-0.2, -0.15) is 5.10 Å². The zero-order valence-corrected chi connectivity index (χ0v) is 19.1. The molecule has 1 fully saturated rings. The van der Waals surface area contributed by atoms with Gasteiger partial charge in [-0.3, -0.25) is 9.89 Å². The zero-order chi connectivity index (χ0) is 23.8. The van der Waals surface area contributed by atoms with Crippen molar-refractivity contribution in [2.24, 2.45) is 0 Å². The zero-order valence-electron chi connectivity index (χ0n) is 18.4. The van der Waals surface area contributed by atoms with Crippen molar-refractivity contribution in [3.63, 3.8) is 0 Å². The number of nitrogens with one attached hydrogen (secondary N) is 1. The molecule has 1 aliphatic rings. The fourth-order valence-corrected chi connectivity index (χ4v) is 4.20. The van der Waals surface area contributed by atoms with E-state index in [-0.39, 0.29) is 22.6 Å². The summed E-state index contributed by atoms with van der Waals surface area (Å²) in [4.78, 5) is 29.6. The van der Waals surface area contributed by atoms with E-state index in [1.54, 1.807) is 11.1 Å². The molecule has 0 spiro atoms. The summed E-state index contributed by atoms with van der Waals surface area (Å²) in [5.74, 6) is 0.929. The number of carbonyl (C=O) groups excluding carboxylic acids is 1. The number of pyridine rings is 1. The van der Waals surface area contributed by atoms with Gasteiger partial charge in [0.2, 0.25) is 11.8 Å². The Kier molecular flexibility index (Phi) is 5.74. The number of ether oxygens (including phenoxy) is 1. The summed E-state index contributed by atoms with van der Waals surface area (Å²) in [6.45, 7) is 7.86. The molecular formula is C23H21ClFN7O2. The molecule has 5 rings (SSSR count). The average molecular weight is 482 g/mol. The number of fused-ring (bicyclic) bond motifs is 2. The van der Waals surface area contributed by atoms with Gasteiger partial charge in [-0.15, -0.1) is 0 Å². The van der Waals surface area contributed by atoms with E-state index in [0.29, 0.717) is 54.8 Å². The fraction of sp³-hybridized carbons (Fsp3) is 0.261. The molecule has 34 heavy (non-hydrogen) atoms. The lowest BCUT2D eigenvalue weighted by Gasteiger charge is -2.35. The molecule has 0 saturated carbocycles. The van der Waals surface area contributed by atoms with Crippen molar-refractivity contribution in [3.05, 3.63) is 53.8 Å². The van der Waals surface area contributed by atoms with Crippen LogP contribution in [0.5, 0.6) is 11.6 Å². The smallest absolute Gasteiger partial charge is 0.246 e. The number of rotatable bonds is 5. The first kappa shape index (κ1) is 22.0. The highest BCUT2D eigenvalue weighted by molar-refractivity contribution is 6.33. The van der Waals surface area contributed by atoms with Crippen LogP contribution in [0.4, 0.5) is 10.2 Å². The Morgan fingerprint density at radius 2 is 2.09 bits per heavy atom. The Bertz CT molecular complexity index is 1420. The van der Waals surface area contributed by atoms with Crippen LogP contribution in [0.2, 0.25) is 5.02 Å². The Balaban J connectivity index is 1.57. The van der Waals surface area contributed by atoms with Gasteiger partial charge >= 0.3 is 0 Å². The fourth-order valence-electron chi connectivity index (χ4n) is 4.00. The number of H-pyrrole nitrogens is 1. The number of carbonyl (C=O) groups is 1. The number of anilines is 1. The Morgan fingerprint density at radius 1 is 1.29 bits per heavy atom. The topological polar surface area (TPSA) is 100 Å². The van der Waals surface area contributed by atoms with Crippen molar-refractivity contribution >= 4 is 45.1 Å². The Morgan fingerprint density at radius 3 is 2.82 bits per heavy atom. The highest BCUT2D eigenvalue weighted by Gasteiger charge is 2.24. The number of amides is 1. The first-order valence-corrected chi connectivity index (χ1v) is 11.2. The molecule has 0 unspecified atom stereocenters. The first-order chi connectivity index (χ1) is 16.5. The SMILES string of the molecule is C=CC(=O)N1CCN(c2nc(CC)nc3c(Oc4c(Cl)c(F)cc5[nH]ncc45)nccc23)CC1. The van der Waals surface area contributed by atoms with Crippen LogP contribution in [0.1, 0.15) is 12.7 Å². The lowest BCUT2D eigenvalue weighted by molar-refractivity contribution is -0.126. The van der Waals surface area contributed by atoms with Gasteiger partial charge in [0, 0.05) is 50.2 Å². The standard InChI is InChI=1S/C23H21ClFN7O2/c1-3-17-28-20-13(22(29-17)32-9-7-31(8-10-32)18(33)4-2)5-6-26-23(20)34-21-14-12-27-30-16(14)11-15(25)19(21)24/h4-6,11-12H,2-3,7-10H2,1H3,(H,27,30). The van der Waals surface area contributed by atoms with Crippen LogP contribution in [-0.2, 0) is 11.2 Å². The molecular weight excluding hydrogens is 461 g/mol. The van der Waals surface area contributed by atoms with Gasteiger partial charge in [0.05, 0.1) is 17.1 Å². The maximum Gasteiger partial charge on any atom is 0.246 e. The largest absolute Gasteiger partial charge is 0.434 e. The summed E-state index contributed by atoms with van der Waals surface area (Å²) < 4.78 is 20.5. The van der Waals surface area contributed by atoms with Gasteiger partial charge in [-0.05, 0) is 12.1 Å². The van der Waals surface area contributed by atoms with E-state index < -0.39 is 5.82 Å². The summed E-state index contributed by atoms with van der Waals surface area (Å²) in [6, 6.07) is 3.08. The number of piperazine rings is 1. The van der Waals surface area contributed by atoms with Crippen LogP contribution >= 0.6 is 11.6 Å². The van der Waals surface area contributed by atoms with E-state index in [1.807, 2.05) is 13.0 Å². The molecule has 1 saturated heterocycles. The molecule has 0 bridgehead atoms. The summed E-state index contributed by atoms with van der Waals surface area (Å²) in [5.41, 5.74) is 0.944. The van der Waals surface area contributed by atoms with Crippen molar-refractivity contribution in [3.8, 4) is 11.6 Å². The highest BCUT2D eigenvalue weighted by atomic mass is 35.5. The second kappa shape index (κ2) is 8.86. The van der Waals surface area contributed by atoms with Crippen LogP contribution in [0.3, 0.4) is 0 Å². The predicted octanol–water partition coefficient (Wildman–Crippen LogP) is 3.88. The molecule has 0 atom stereocenters. The van der Waals surface area contributed by atoms with Gasteiger partial charge in [0.25, 0.3) is 0 Å².